The van der Waals surface area contributed by atoms with Crippen LogP contribution in [0.1, 0.15) is 46.1 Å². The van der Waals surface area contributed by atoms with Crippen LogP contribution in [0.15, 0.2) is 41.5 Å². The minimum absolute atomic E-state index is 0.138. The van der Waals surface area contributed by atoms with Crippen LogP contribution in [0.3, 0.4) is 0 Å². The molecule has 0 unspecified atom stereocenters. The Balaban J connectivity index is 2.07. The number of amides is 2. The first-order valence-electron chi connectivity index (χ1n) is 11.7. The van der Waals surface area contributed by atoms with E-state index in [1.165, 1.54) is 12.3 Å². The molecule has 2 aromatic carbocycles. The van der Waals surface area contributed by atoms with Gasteiger partial charge < -0.3 is 19.5 Å². The summed E-state index contributed by atoms with van der Waals surface area (Å²) in [5, 5.41) is 7.56. The van der Waals surface area contributed by atoms with Crippen LogP contribution in [0.25, 0.3) is 0 Å². The molecule has 0 bridgehead atoms. The average molecular weight is 538 g/mol. The first-order chi connectivity index (χ1) is 17.2. The third-order valence-corrected chi connectivity index (χ3v) is 5.50. The Morgan fingerprint density at radius 3 is 2.47 bits per heavy atom. The van der Waals surface area contributed by atoms with Gasteiger partial charge in [0.05, 0.1) is 25.0 Å². The molecule has 2 rings (SSSR count). The van der Waals surface area contributed by atoms with Crippen molar-refractivity contribution in [2.24, 2.45) is 11.0 Å². The van der Waals surface area contributed by atoms with Crippen LogP contribution in [-0.4, -0.2) is 43.9 Å². The lowest BCUT2D eigenvalue weighted by Gasteiger charge is -2.22. The second kappa shape index (κ2) is 14.6. The largest absolute Gasteiger partial charge is 0.493 e. The summed E-state index contributed by atoms with van der Waals surface area (Å²) in [4.78, 5) is 25.7. The molecule has 0 aromatic heterocycles. The monoisotopic (exact) mass is 537 g/mol. The summed E-state index contributed by atoms with van der Waals surface area (Å²) in [5.74, 6) is 0.645. The predicted molar refractivity (Wildman–Crippen MR) is 142 cm³/mol. The van der Waals surface area contributed by atoms with Crippen molar-refractivity contribution in [3.63, 3.8) is 0 Å². The van der Waals surface area contributed by atoms with E-state index in [9.17, 15) is 9.59 Å². The highest BCUT2D eigenvalue weighted by Crippen LogP contribution is 2.30. The Kier molecular flexibility index (Phi) is 11.8. The minimum Gasteiger partial charge on any atom is -0.493 e. The number of methoxy groups -OCH3 is 1. The van der Waals surface area contributed by atoms with Crippen molar-refractivity contribution in [2.45, 2.75) is 52.7 Å². The molecule has 2 N–H and O–H groups in total. The molecule has 196 valence electrons. The van der Waals surface area contributed by atoms with Gasteiger partial charge in [0.2, 0.25) is 0 Å². The second-order valence-corrected chi connectivity index (χ2v) is 9.33. The molecule has 36 heavy (non-hydrogen) atoms. The predicted octanol–water partition coefficient (Wildman–Crippen LogP) is 5.24. The van der Waals surface area contributed by atoms with Gasteiger partial charge in [-0.1, -0.05) is 50.0 Å². The maximum Gasteiger partial charge on any atom is 0.262 e. The highest BCUT2D eigenvalue weighted by molar-refractivity contribution is 6.35. The molecular formula is C26H33Cl2N3O5. The van der Waals surface area contributed by atoms with Crippen LogP contribution in [0.2, 0.25) is 10.0 Å². The molecule has 0 aliphatic carbocycles. The lowest BCUT2D eigenvalue weighted by molar-refractivity contribution is -0.132. The standard InChI is InChI=1S/C26H33Cl2N3O5/c1-6-12-35-24-18(8-7-9-23(24)34-5)15-29-31-26(33)21(13-16(2)3)30-25(32)17(4)36-22-11-10-19(27)14-20(22)28/h7-11,14-17,21H,6,12-13H2,1-5H3,(H,30,32)(H,31,33)/b29-15-/t17-,21+/m0/s1. The third kappa shape index (κ3) is 8.91. The van der Waals surface area contributed by atoms with Gasteiger partial charge in [0.25, 0.3) is 11.8 Å². The number of para-hydroxylation sites is 1. The van der Waals surface area contributed by atoms with Crippen molar-refractivity contribution in [1.29, 1.82) is 0 Å². The molecule has 8 nitrogen and oxygen atoms in total. The molecule has 0 saturated heterocycles. The van der Waals surface area contributed by atoms with Crippen molar-refractivity contribution in [3.8, 4) is 17.2 Å². The van der Waals surface area contributed by atoms with E-state index in [0.717, 1.165) is 6.42 Å². The van der Waals surface area contributed by atoms with Gasteiger partial charge in [-0.2, -0.15) is 5.10 Å². The molecule has 0 aliphatic rings. The Hall–Kier alpha value is -2.97. The molecule has 10 heteroatoms. The van der Waals surface area contributed by atoms with Gasteiger partial charge in [0.1, 0.15) is 11.8 Å². The first-order valence-corrected chi connectivity index (χ1v) is 12.5. The summed E-state index contributed by atoms with van der Waals surface area (Å²) >= 11 is 12.0. The van der Waals surface area contributed by atoms with E-state index in [-0.39, 0.29) is 10.9 Å². The summed E-state index contributed by atoms with van der Waals surface area (Å²) < 4.78 is 16.8. The van der Waals surface area contributed by atoms with Crippen molar-refractivity contribution in [1.82, 2.24) is 10.7 Å². The highest BCUT2D eigenvalue weighted by atomic mass is 35.5. The topological polar surface area (TPSA) is 98.2 Å². The Bertz CT molecular complexity index is 1060. The van der Waals surface area contributed by atoms with E-state index in [4.69, 9.17) is 37.4 Å². The number of ether oxygens (including phenoxy) is 3. The first kappa shape index (κ1) is 29.3. The van der Waals surface area contributed by atoms with Crippen molar-refractivity contribution in [3.05, 3.63) is 52.0 Å². The van der Waals surface area contributed by atoms with Crippen molar-refractivity contribution in [2.75, 3.05) is 13.7 Å². The van der Waals surface area contributed by atoms with E-state index in [2.05, 4.69) is 15.8 Å². The van der Waals surface area contributed by atoms with Gasteiger partial charge in [-0.3, -0.25) is 9.59 Å². The molecule has 0 radical (unpaired) electrons. The third-order valence-electron chi connectivity index (χ3n) is 4.97. The van der Waals surface area contributed by atoms with Gasteiger partial charge in [-0.05, 0) is 56.0 Å². The van der Waals surface area contributed by atoms with Crippen LogP contribution in [-0.2, 0) is 9.59 Å². The zero-order valence-corrected chi connectivity index (χ0v) is 22.7. The van der Waals surface area contributed by atoms with Crippen LogP contribution in [0.5, 0.6) is 17.2 Å². The molecule has 2 aromatic rings. The van der Waals surface area contributed by atoms with Crippen LogP contribution < -0.4 is 25.0 Å². The second-order valence-electron chi connectivity index (χ2n) is 8.49. The maximum atomic E-state index is 12.9. The Morgan fingerprint density at radius 2 is 1.83 bits per heavy atom. The van der Waals surface area contributed by atoms with E-state index < -0.39 is 24.0 Å². The molecular weight excluding hydrogens is 505 g/mol. The van der Waals surface area contributed by atoms with E-state index >= 15 is 0 Å². The van der Waals surface area contributed by atoms with Gasteiger partial charge in [0.15, 0.2) is 17.6 Å². The smallest absolute Gasteiger partial charge is 0.262 e. The molecule has 0 aliphatic heterocycles. The summed E-state index contributed by atoms with van der Waals surface area (Å²) in [7, 11) is 1.56. The van der Waals surface area contributed by atoms with Crippen LogP contribution in [0, 0.1) is 5.92 Å². The summed E-state index contributed by atoms with van der Waals surface area (Å²) in [6, 6.07) is 9.30. The van der Waals surface area contributed by atoms with Crippen molar-refractivity contribution < 1.29 is 23.8 Å². The van der Waals surface area contributed by atoms with E-state index in [0.29, 0.717) is 40.9 Å². The minimum atomic E-state index is -0.898. The molecule has 0 saturated carbocycles. The van der Waals surface area contributed by atoms with Gasteiger partial charge >= 0.3 is 0 Å². The fraction of sp³-hybridized carbons (Fsp3) is 0.423. The zero-order valence-electron chi connectivity index (χ0n) is 21.1. The fourth-order valence-electron chi connectivity index (χ4n) is 3.20. The van der Waals surface area contributed by atoms with Crippen molar-refractivity contribution >= 4 is 41.2 Å². The number of hydrogen-bond acceptors (Lipinski definition) is 6. The molecule has 0 spiro atoms. The summed E-state index contributed by atoms with van der Waals surface area (Å²) in [6.07, 6.45) is 1.82. The lowest BCUT2D eigenvalue weighted by Crippen LogP contribution is -2.49. The van der Waals surface area contributed by atoms with Gasteiger partial charge in [-0.25, -0.2) is 5.43 Å². The number of carbonyl (C=O) groups is 2. The summed E-state index contributed by atoms with van der Waals surface area (Å²) in [5.41, 5.74) is 3.16. The number of halogens is 2. The average Bonchev–Trinajstić information content (AvgIpc) is 2.83. The quantitative estimate of drug-likeness (QED) is 0.269. The number of benzene rings is 2. The number of hydrogen-bond donors (Lipinski definition) is 2. The van der Waals surface area contributed by atoms with Gasteiger partial charge in [0, 0.05) is 10.6 Å². The number of nitrogens with one attached hydrogen (secondary N) is 2. The number of nitrogens with zero attached hydrogens (tertiary/aromatic N) is 1. The Morgan fingerprint density at radius 1 is 1.08 bits per heavy atom. The summed E-state index contributed by atoms with van der Waals surface area (Å²) in [6.45, 7) is 8.00. The number of carbonyl (C=O) groups excluding carboxylic acids is 2. The molecule has 2 amide bonds. The molecule has 0 heterocycles. The van der Waals surface area contributed by atoms with Gasteiger partial charge in [-0.15, -0.1) is 0 Å². The Labute approximate surface area is 222 Å². The molecule has 0 fully saturated rings. The van der Waals surface area contributed by atoms with Crippen LogP contribution in [0.4, 0.5) is 0 Å². The van der Waals surface area contributed by atoms with E-state index in [1.807, 2.05) is 20.8 Å². The SMILES string of the molecule is CCCOc1c(/C=N\NC(=O)[C@@H](CC(C)C)NC(=O)[C@H](C)Oc2ccc(Cl)cc2Cl)cccc1OC. The van der Waals surface area contributed by atoms with E-state index in [1.54, 1.807) is 44.4 Å². The lowest BCUT2D eigenvalue weighted by atomic mass is 10.0. The zero-order chi connectivity index (χ0) is 26.7. The normalized spacial score (nSPS) is 12.8. The fourth-order valence-corrected chi connectivity index (χ4v) is 3.66. The number of rotatable bonds is 13. The molecule has 2 atom stereocenters. The number of hydrazone groups is 1. The maximum absolute atomic E-state index is 12.9. The highest BCUT2D eigenvalue weighted by Gasteiger charge is 2.25. The van der Waals surface area contributed by atoms with Crippen LogP contribution >= 0.6 is 23.2 Å².